The van der Waals surface area contributed by atoms with Crippen LogP contribution in [0.15, 0.2) is 24.3 Å². The highest BCUT2D eigenvalue weighted by Crippen LogP contribution is 2.03. The molecule has 0 aliphatic rings. The molecule has 0 spiro atoms. The summed E-state index contributed by atoms with van der Waals surface area (Å²) < 4.78 is 0. The fourth-order valence-corrected chi connectivity index (χ4v) is 1.27. The first-order valence-electron chi connectivity index (χ1n) is 5.17. The van der Waals surface area contributed by atoms with Gasteiger partial charge in [-0.2, -0.15) is 5.26 Å². The van der Waals surface area contributed by atoms with Crippen LogP contribution < -0.4 is 5.32 Å². The van der Waals surface area contributed by atoms with E-state index >= 15 is 0 Å². The highest BCUT2D eigenvalue weighted by atomic mass is 16.2. The molecule has 2 N–H and O–H groups in total. The number of unbranched alkanes of at least 4 members (excludes halogenated alkanes) is 1. The maximum Gasteiger partial charge on any atom is 0.251 e. The van der Waals surface area contributed by atoms with Crippen LogP contribution in [0.3, 0.4) is 0 Å². The average Bonchev–Trinajstić information content (AvgIpc) is 2.34. The van der Waals surface area contributed by atoms with E-state index in [1.165, 1.54) is 0 Å². The van der Waals surface area contributed by atoms with Gasteiger partial charge in [-0.25, -0.2) is 0 Å². The van der Waals surface area contributed by atoms with Gasteiger partial charge in [-0.15, -0.1) is 0 Å². The summed E-state index contributed by atoms with van der Waals surface area (Å²) >= 11 is 0. The third-order valence-electron chi connectivity index (χ3n) is 2.12. The SMILES string of the molecule is N#Cc1cccc(C(=O)NCCCCO)c1. The van der Waals surface area contributed by atoms with E-state index in [2.05, 4.69) is 5.32 Å². The predicted molar refractivity (Wildman–Crippen MR) is 59.8 cm³/mol. The van der Waals surface area contributed by atoms with Gasteiger partial charge in [0.2, 0.25) is 0 Å². The Bertz CT molecular complexity index is 396. The largest absolute Gasteiger partial charge is 0.396 e. The summed E-state index contributed by atoms with van der Waals surface area (Å²) in [5.41, 5.74) is 0.964. The highest BCUT2D eigenvalue weighted by molar-refractivity contribution is 5.94. The summed E-state index contributed by atoms with van der Waals surface area (Å²) in [7, 11) is 0. The van der Waals surface area contributed by atoms with Crippen molar-refractivity contribution in [2.45, 2.75) is 12.8 Å². The quantitative estimate of drug-likeness (QED) is 0.726. The lowest BCUT2D eigenvalue weighted by Crippen LogP contribution is -2.24. The summed E-state index contributed by atoms with van der Waals surface area (Å²) in [6, 6.07) is 8.55. The van der Waals surface area contributed by atoms with Gasteiger partial charge in [0, 0.05) is 18.7 Å². The van der Waals surface area contributed by atoms with Crippen LogP contribution in [0.2, 0.25) is 0 Å². The van der Waals surface area contributed by atoms with Crippen molar-refractivity contribution < 1.29 is 9.90 Å². The summed E-state index contributed by atoms with van der Waals surface area (Å²) in [5.74, 6) is -0.185. The first-order chi connectivity index (χ1) is 7.77. The number of amides is 1. The van der Waals surface area contributed by atoms with Crippen molar-refractivity contribution in [3.8, 4) is 6.07 Å². The molecule has 1 amide bonds. The van der Waals surface area contributed by atoms with E-state index in [9.17, 15) is 4.79 Å². The summed E-state index contributed by atoms with van der Waals surface area (Å²) in [6.07, 6.45) is 1.43. The van der Waals surface area contributed by atoms with Crippen molar-refractivity contribution in [3.63, 3.8) is 0 Å². The molecule has 16 heavy (non-hydrogen) atoms. The maximum atomic E-state index is 11.6. The van der Waals surface area contributed by atoms with Crippen molar-refractivity contribution in [1.82, 2.24) is 5.32 Å². The Morgan fingerprint density at radius 3 is 2.94 bits per heavy atom. The fraction of sp³-hybridized carbons (Fsp3) is 0.333. The molecule has 0 heterocycles. The number of carbonyl (C=O) groups excluding carboxylic acids is 1. The number of hydrogen-bond acceptors (Lipinski definition) is 3. The van der Waals surface area contributed by atoms with Crippen LogP contribution in [0.4, 0.5) is 0 Å². The van der Waals surface area contributed by atoms with Crippen molar-refractivity contribution in [2.24, 2.45) is 0 Å². The Kier molecular flexibility index (Phi) is 5.03. The number of carbonyl (C=O) groups is 1. The number of nitriles is 1. The van der Waals surface area contributed by atoms with Gasteiger partial charge in [0.25, 0.3) is 5.91 Å². The molecule has 0 radical (unpaired) electrons. The second kappa shape index (κ2) is 6.59. The van der Waals surface area contributed by atoms with Crippen LogP contribution in [-0.2, 0) is 0 Å². The number of nitrogens with one attached hydrogen (secondary N) is 1. The van der Waals surface area contributed by atoms with Gasteiger partial charge in [0.1, 0.15) is 0 Å². The minimum absolute atomic E-state index is 0.139. The van der Waals surface area contributed by atoms with Gasteiger partial charge in [-0.1, -0.05) is 6.07 Å². The van der Waals surface area contributed by atoms with Crippen LogP contribution in [0.25, 0.3) is 0 Å². The van der Waals surface area contributed by atoms with E-state index in [0.29, 0.717) is 24.1 Å². The normalized spacial score (nSPS) is 9.50. The van der Waals surface area contributed by atoms with Crippen LogP contribution >= 0.6 is 0 Å². The first kappa shape index (κ1) is 12.2. The number of aliphatic hydroxyl groups excluding tert-OH is 1. The van der Waals surface area contributed by atoms with Gasteiger partial charge in [0.15, 0.2) is 0 Å². The molecule has 4 heteroatoms. The third-order valence-corrected chi connectivity index (χ3v) is 2.12. The zero-order valence-electron chi connectivity index (χ0n) is 8.94. The predicted octanol–water partition coefficient (Wildman–Crippen LogP) is 1.06. The lowest BCUT2D eigenvalue weighted by molar-refractivity contribution is 0.0952. The molecular weight excluding hydrogens is 204 g/mol. The minimum Gasteiger partial charge on any atom is -0.396 e. The molecule has 1 aromatic rings. The van der Waals surface area contributed by atoms with Gasteiger partial charge in [-0.3, -0.25) is 4.79 Å². The van der Waals surface area contributed by atoms with Crippen molar-refractivity contribution in [2.75, 3.05) is 13.2 Å². The lowest BCUT2D eigenvalue weighted by atomic mass is 10.1. The summed E-state index contributed by atoms with van der Waals surface area (Å²) in [5, 5.41) is 20.0. The first-order valence-corrected chi connectivity index (χ1v) is 5.17. The number of nitrogens with zero attached hydrogens (tertiary/aromatic N) is 1. The Balaban J connectivity index is 2.50. The van der Waals surface area contributed by atoms with E-state index in [-0.39, 0.29) is 12.5 Å². The van der Waals surface area contributed by atoms with Crippen molar-refractivity contribution in [1.29, 1.82) is 5.26 Å². The zero-order chi connectivity index (χ0) is 11.8. The Morgan fingerprint density at radius 2 is 2.25 bits per heavy atom. The van der Waals surface area contributed by atoms with Crippen LogP contribution in [-0.4, -0.2) is 24.2 Å². The molecule has 4 nitrogen and oxygen atoms in total. The average molecular weight is 218 g/mol. The Labute approximate surface area is 94.5 Å². The van der Waals surface area contributed by atoms with Gasteiger partial charge < -0.3 is 10.4 Å². The van der Waals surface area contributed by atoms with E-state index in [1.807, 2.05) is 6.07 Å². The molecule has 84 valence electrons. The molecule has 1 rings (SSSR count). The van der Waals surface area contributed by atoms with E-state index in [4.69, 9.17) is 10.4 Å². The third kappa shape index (κ3) is 3.71. The number of hydrogen-bond donors (Lipinski definition) is 2. The molecule has 0 saturated heterocycles. The van der Waals surface area contributed by atoms with Crippen LogP contribution in [0.1, 0.15) is 28.8 Å². The second-order valence-corrected chi connectivity index (χ2v) is 3.38. The second-order valence-electron chi connectivity index (χ2n) is 3.38. The standard InChI is InChI=1S/C12H14N2O2/c13-9-10-4-3-5-11(8-10)12(16)14-6-1-2-7-15/h3-5,8,15H,1-2,6-7H2,(H,14,16). The fourth-order valence-electron chi connectivity index (χ4n) is 1.27. The van der Waals surface area contributed by atoms with Crippen molar-refractivity contribution in [3.05, 3.63) is 35.4 Å². The lowest BCUT2D eigenvalue weighted by Gasteiger charge is -2.04. The monoisotopic (exact) mass is 218 g/mol. The smallest absolute Gasteiger partial charge is 0.251 e. The zero-order valence-corrected chi connectivity index (χ0v) is 8.94. The van der Waals surface area contributed by atoms with Crippen LogP contribution in [0.5, 0.6) is 0 Å². The van der Waals surface area contributed by atoms with E-state index < -0.39 is 0 Å². The molecular formula is C12H14N2O2. The molecule has 0 aliphatic carbocycles. The molecule has 0 aliphatic heterocycles. The highest BCUT2D eigenvalue weighted by Gasteiger charge is 2.04. The summed E-state index contributed by atoms with van der Waals surface area (Å²) in [6.45, 7) is 0.677. The van der Waals surface area contributed by atoms with Crippen LogP contribution in [0, 0.1) is 11.3 Å². The molecule has 0 bridgehead atoms. The molecule has 0 saturated carbocycles. The number of aliphatic hydroxyl groups is 1. The summed E-state index contributed by atoms with van der Waals surface area (Å²) in [4.78, 5) is 11.6. The van der Waals surface area contributed by atoms with Gasteiger partial charge in [-0.05, 0) is 31.0 Å². The molecule has 0 fully saturated rings. The van der Waals surface area contributed by atoms with Crippen molar-refractivity contribution >= 4 is 5.91 Å². The molecule has 1 aromatic carbocycles. The Hall–Kier alpha value is -1.86. The molecule has 0 aromatic heterocycles. The van der Waals surface area contributed by atoms with E-state index in [0.717, 1.165) is 6.42 Å². The van der Waals surface area contributed by atoms with E-state index in [1.54, 1.807) is 24.3 Å². The molecule has 0 unspecified atom stereocenters. The Morgan fingerprint density at radius 1 is 1.44 bits per heavy atom. The maximum absolute atomic E-state index is 11.6. The van der Waals surface area contributed by atoms with Gasteiger partial charge >= 0.3 is 0 Å². The minimum atomic E-state index is -0.185. The number of benzene rings is 1. The topological polar surface area (TPSA) is 73.1 Å². The van der Waals surface area contributed by atoms with Gasteiger partial charge in [0.05, 0.1) is 11.6 Å². The number of rotatable bonds is 5. The molecule has 0 atom stereocenters.